The normalized spacial score (nSPS) is 27.4. The van der Waals surface area contributed by atoms with Crippen LogP contribution in [-0.4, -0.2) is 34.5 Å². The molecule has 0 bridgehead atoms. The molecule has 0 spiro atoms. The summed E-state index contributed by atoms with van der Waals surface area (Å²) >= 11 is 7.80. The SMILES string of the molecule is O=C(C1C=C(c2ccccc2)SC1Cl)N1CCCC(F)(F)CC1. The zero-order valence-corrected chi connectivity index (χ0v) is 14.1. The first kappa shape index (κ1) is 16.8. The van der Waals surface area contributed by atoms with Crippen molar-refractivity contribution in [1.29, 1.82) is 0 Å². The molecule has 0 aliphatic carbocycles. The highest BCUT2D eigenvalue weighted by atomic mass is 35.5. The maximum atomic E-state index is 13.5. The van der Waals surface area contributed by atoms with Gasteiger partial charge in [-0.05, 0) is 12.0 Å². The third-order valence-electron chi connectivity index (χ3n) is 4.23. The van der Waals surface area contributed by atoms with E-state index >= 15 is 0 Å². The summed E-state index contributed by atoms with van der Waals surface area (Å²) in [7, 11) is 0. The highest BCUT2D eigenvalue weighted by molar-refractivity contribution is 8.10. The predicted octanol–water partition coefficient (Wildman–Crippen LogP) is 4.60. The molecule has 1 saturated heterocycles. The summed E-state index contributed by atoms with van der Waals surface area (Å²) in [5, 5.41) is 0. The van der Waals surface area contributed by atoms with Crippen LogP contribution in [0, 0.1) is 5.92 Å². The van der Waals surface area contributed by atoms with E-state index in [1.807, 2.05) is 36.4 Å². The van der Waals surface area contributed by atoms with Crippen LogP contribution in [0.4, 0.5) is 8.78 Å². The molecule has 2 heterocycles. The molecule has 0 radical (unpaired) electrons. The van der Waals surface area contributed by atoms with Crippen LogP contribution in [0.2, 0.25) is 0 Å². The van der Waals surface area contributed by atoms with Gasteiger partial charge in [0, 0.05) is 30.8 Å². The monoisotopic (exact) mass is 357 g/mol. The minimum atomic E-state index is -2.66. The summed E-state index contributed by atoms with van der Waals surface area (Å²) in [6.45, 7) is 0.485. The van der Waals surface area contributed by atoms with Crippen molar-refractivity contribution >= 4 is 34.2 Å². The molecule has 1 fully saturated rings. The summed E-state index contributed by atoms with van der Waals surface area (Å²) in [6, 6.07) is 9.75. The second kappa shape index (κ2) is 6.81. The number of amides is 1. The maximum Gasteiger partial charge on any atom is 0.249 e. The van der Waals surface area contributed by atoms with Crippen molar-refractivity contribution < 1.29 is 13.6 Å². The molecular formula is C17H18ClF2NOS. The molecule has 2 nitrogen and oxygen atoms in total. The van der Waals surface area contributed by atoms with Crippen molar-refractivity contribution in [2.45, 2.75) is 29.9 Å². The lowest BCUT2D eigenvalue weighted by molar-refractivity contribution is -0.133. The van der Waals surface area contributed by atoms with Crippen LogP contribution in [0.15, 0.2) is 36.4 Å². The van der Waals surface area contributed by atoms with E-state index in [0.29, 0.717) is 13.0 Å². The van der Waals surface area contributed by atoms with Gasteiger partial charge in [-0.2, -0.15) is 0 Å². The number of halogens is 3. The molecule has 124 valence electrons. The largest absolute Gasteiger partial charge is 0.342 e. The standard InChI is InChI=1S/C17H18ClF2NOS/c18-15-13(11-14(23-15)12-5-2-1-3-6-12)16(22)21-9-4-7-17(19,20)8-10-21/h1-3,5-6,11,13,15H,4,7-10H2. The first-order valence-electron chi connectivity index (χ1n) is 7.71. The Labute approximate surface area is 143 Å². The van der Waals surface area contributed by atoms with E-state index in [4.69, 9.17) is 11.6 Å². The number of carbonyl (C=O) groups is 1. The van der Waals surface area contributed by atoms with Crippen LogP contribution < -0.4 is 0 Å². The van der Waals surface area contributed by atoms with Crippen molar-refractivity contribution in [2.24, 2.45) is 5.92 Å². The quantitative estimate of drug-likeness (QED) is 0.721. The van der Waals surface area contributed by atoms with Crippen molar-refractivity contribution in [3.05, 3.63) is 42.0 Å². The number of nitrogens with zero attached hydrogens (tertiary/aromatic N) is 1. The van der Waals surface area contributed by atoms with Crippen molar-refractivity contribution in [1.82, 2.24) is 4.90 Å². The highest BCUT2D eigenvalue weighted by Gasteiger charge is 2.38. The smallest absolute Gasteiger partial charge is 0.249 e. The first-order valence-corrected chi connectivity index (χ1v) is 9.02. The average Bonchev–Trinajstić information content (AvgIpc) is 2.82. The fourth-order valence-corrected chi connectivity index (χ4v) is 4.47. The summed E-state index contributed by atoms with van der Waals surface area (Å²) < 4.78 is 26.5. The third-order valence-corrected chi connectivity index (χ3v) is 5.91. The van der Waals surface area contributed by atoms with Crippen LogP contribution in [0.5, 0.6) is 0 Å². The Bertz CT molecular complexity index is 608. The molecular weight excluding hydrogens is 340 g/mol. The van der Waals surface area contributed by atoms with E-state index in [-0.39, 0.29) is 30.0 Å². The lowest BCUT2D eigenvalue weighted by Crippen LogP contribution is -2.38. The second-order valence-corrected chi connectivity index (χ2v) is 7.84. The second-order valence-electron chi connectivity index (χ2n) is 5.93. The van der Waals surface area contributed by atoms with Gasteiger partial charge < -0.3 is 4.90 Å². The van der Waals surface area contributed by atoms with E-state index < -0.39 is 11.8 Å². The topological polar surface area (TPSA) is 20.3 Å². The van der Waals surface area contributed by atoms with Crippen LogP contribution >= 0.6 is 23.4 Å². The average molecular weight is 358 g/mol. The molecule has 2 aliphatic rings. The van der Waals surface area contributed by atoms with E-state index in [2.05, 4.69) is 0 Å². The fraction of sp³-hybridized carbons (Fsp3) is 0.471. The number of hydrogen-bond donors (Lipinski definition) is 0. The van der Waals surface area contributed by atoms with Crippen LogP contribution in [0.1, 0.15) is 24.8 Å². The van der Waals surface area contributed by atoms with Gasteiger partial charge in [-0.3, -0.25) is 4.79 Å². The third kappa shape index (κ3) is 3.89. The summed E-state index contributed by atoms with van der Waals surface area (Å²) in [4.78, 5) is 15.2. The molecule has 2 atom stereocenters. The molecule has 0 aromatic heterocycles. The van der Waals surface area contributed by atoms with Crippen molar-refractivity contribution in [2.75, 3.05) is 13.1 Å². The van der Waals surface area contributed by atoms with E-state index in [1.54, 1.807) is 4.90 Å². The number of thioether (sulfide) groups is 1. The molecule has 3 rings (SSSR count). The number of hydrogen-bond acceptors (Lipinski definition) is 2. The zero-order chi connectivity index (χ0) is 16.4. The summed E-state index contributed by atoms with van der Waals surface area (Å²) in [5.74, 6) is -3.25. The van der Waals surface area contributed by atoms with Gasteiger partial charge in [0.1, 0.15) is 0 Å². The zero-order valence-electron chi connectivity index (χ0n) is 12.6. The molecule has 0 saturated carbocycles. The molecule has 1 aromatic carbocycles. The lowest BCUT2D eigenvalue weighted by atomic mass is 10.1. The van der Waals surface area contributed by atoms with Gasteiger partial charge in [0.2, 0.25) is 11.8 Å². The Hall–Kier alpha value is -1.07. The van der Waals surface area contributed by atoms with Gasteiger partial charge in [-0.25, -0.2) is 8.78 Å². The number of carbonyl (C=O) groups excluding carboxylic acids is 1. The Morgan fingerprint density at radius 1 is 1.22 bits per heavy atom. The van der Waals surface area contributed by atoms with Crippen LogP contribution in [-0.2, 0) is 4.79 Å². The number of rotatable bonds is 2. The Morgan fingerprint density at radius 3 is 2.70 bits per heavy atom. The van der Waals surface area contributed by atoms with Crippen molar-refractivity contribution in [3.8, 4) is 0 Å². The lowest BCUT2D eigenvalue weighted by Gasteiger charge is -2.24. The number of benzene rings is 1. The molecule has 0 N–H and O–H groups in total. The molecule has 2 aliphatic heterocycles. The first-order chi connectivity index (χ1) is 11.0. The molecule has 2 unspecified atom stereocenters. The van der Waals surface area contributed by atoms with Crippen LogP contribution in [0.3, 0.4) is 0 Å². The van der Waals surface area contributed by atoms with Gasteiger partial charge in [0.25, 0.3) is 0 Å². The van der Waals surface area contributed by atoms with Gasteiger partial charge in [0.05, 0.1) is 10.6 Å². The Kier molecular flexibility index (Phi) is 4.97. The summed E-state index contributed by atoms with van der Waals surface area (Å²) in [5.41, 5.74) is 1.03. The van der Waals surface area contributed by atoms with Gasteiger partial charge in [-0.1, -0.05) is 36.4 Å². The highest BCUT2D eigenvalue weighted by Crippen LogP contribution is 2.45. The van der Waals surface area contributed by atoms with Crippen molar-refractivity contribution in [3.63, 3.8) is 0 Å². The minimum Gasteiger partial charge on any atom is -0.342 e. The predicted molar refractivity (Wildman–Crippen MR) is 90.5 cm³/mol. The minimum absolute atomic E-state index is 0.102. The van der Waals surface area contributed by atoms with Gasteiger partial charge >= 0.3 is 0 Å². The van der Waals surface area contributed by atoms with E-state index in [1.165, 1.54) is 11.8 Å². The molecule has 1 aromatic rings. The van der Waals surface area contributed by atoms with Crippen LogP contribution in [0.25, 0.3) is 4.91 Å². The van der Waals surface area contributed by atoms with E-state index in [0.717, 1.165) is 10.5 Å². The summed E-state index contributed by atoms with van der Waals surface area (Å²) in [6.07, 6.45) is 1.80. The van der Waals surface area contributed by atoms with Gasteiger partial charge in [0.15, 0.2) is 0 Å². The molecule has 23 heavy (non-hydrogen) atoms. The fourth-order valence-electron chi connectivity index (χ4n) is 2.92. The Balaban J connectivity index is 1.73. The maximum absolute atomic E-state index is 13.5. The number of alkyl halides is 3. The molecule has 1 amide bonds. The van der Waals surface area contributed by atoms with Gasteiger partial charge in [-0.15, -0.1) is 23.4 Å². The van der Waals surface area contributed by atoms with E-state index in [9.17, 15) is 13.6 Å². The molecule has 6 heteroatoms. The number of likely N-dealkylation sites (tertiary alicyclic amines) is 1. The Morgan fingerprint density at radius 2 is 1.96 bits per heavy atom.